The fourth-order valence-electron chi connectivity index (χ4n) is 5.43. The molecule has 238 valence electrons. The lowest BCUT2D eigenvalue weighted by Crippen LogP contribution is -2.40. The van der Waals surface area contributed by atoms with E-state index >= 15 is 0 Å². The van der Waals surface area contributed by atoms with Crippen LogP contribution in [0.15, 0.2) is 118 Å². The molecule has 0 saturated heterocycles. The number of amides is 1. The number of thiazole rings is 1. The van der Waals surface area contributed by atoms with Gasteiger partial charge >= 0.3 is 0 Å². The molecule has 0 saturated carbocycles. The van der Waals surface area contributed by atoms with Crippen LogP contribution in [0.5, 0.6) is 17.2 Å². The third-order valence-electron chi connectivity index (χ3n) is 7.65. The highest BCUT2D eigenvalue weighted by atomic mass is 32.1. The molecule has 0 bridgehead atoms. The fourth-order valence-corrected chi connectivity index (χ4v) is 6.47. The van der Waals surface area contributed by atoms with Gasteiger partial charge in [-0.15, -0.1) is 0 Å². The molecule has 1 amide bonds. The van der Waals surface area contributed by atoms with Gasteiger partial charge in [0.1, 0.15) is 18.2 Å². The Labute approximate surface area is 274 Å². The van der Waals surface area contributed by atoms with Gasteiger partial charge in [0, 0.05) is 16.8 Å². The average molecular weight is 650 g/mol. The van der Waals surface area contributed by atoms with E-state index in [1.807, 2.05) is 49.4 Å². The lowest BCUT2D eigenvalue weighted by atomic mass is 9.95. The Morgan fingerprint density at radius 1 is 0.979 bits per heavy atom. The first-order chi connectivity index (χ1) is 22.9. The van der Waals surface area contributed by atoms with Crippen LogP contribution in [0.2, 0.25) is 0 Å². The molecule has 2 heterocycles. The summed E-state index contributed by atoms with van der Waals surface area (Å²) in [6.07, 6.45) is 1.71. The molecule has 8 nitrogen and oxygen atoms in total. The highest BCUT2D eigenvalue weighted by Crippen LogP contribution is 2.34. The molecule has 0 aliphatic carbocycles. The van der Waals surface area contributed by atoms with Gasteiger partial charge in [-0.3, -0.25) is 14.2 Å². The maximum atomic E-state index is 14.4. The molecule has 10 heteroatoms. The maximum absolute atomic E-state index is 14.4. The monoisotopic (exact) mass is 649 g/mol. The fraction of sp³-hybridized carbons (Fsp3) is 0.162. The van der Waals surface area contributed by atoms with Crippen molar-refractivity contribution in [3.05, 3.63) is 151 Å². The van der Waals surface area contributed by atoms with Gasteiger partial charge in [-0.1, -0.05) is 72.0 Å². The van der Waals surface area contributed by atoms with E-state index in [9.17, 15) is 14.0 Å². The van der Waals surface area contributed by atoms with Crippen LogP contribution in [-0.2, 0) is 11.4 Å². The SMILES string of the molecule is CCOc1ccc([C@@H]2C(C(=O)Nc3ccccc3)=C(C)N=c3s/c(=C\c4cccc(OC)c4OCc4ccccc4F)c(=O)n32)cc1. The van der Waals surface area contributed by atoms with Gasteiger partial charge in [0.05, 0.1) is 35.6 Å². The number of anilines is 1. The van der Waals surface area contributed by atoms with E-state index < -0.39 is 6.04 Å². The van der Waals surface area contributed by atoms with Crippen LogP contribution in [0, 0.1) is 5.82 Å². The van der Waals surface area contributed by atoms with Crippen molar-refractivity contribution in [3.8, 4) is 17.2 Å². The first-order valence-corrected chi connectivity index (χ1v) is 15.8. The highest BCUT2D eigenvalue weighted by Gasteiger charge is 2.32. The van der Waals surface area contributed by atoms with Crippen LogP contribution in [-0.4, -0.2) is 24.2 Å². The highest BCUT2D eigenvalue weighted by molar-refractivity contribution is 7.07. The van der Waals surface area contributed by atoms with E-state index in [4.69, 9.17) is 19.2 Å². The van der Waals surface area contributed by atoms with Crippen LogP contribution in [0.1, 0.15) is 36.6 Å². The summed E-state index contributed by atoms with van der Waals surface area (Å²) in [6.45, 7) is 4.15. The summed E-state index contributed by atoms with van der Waals surface area (Å²) in [5.41, 5.74) is 2.84. The molecule has 1 N–H and O–H groups in total. The zero-order chi connectivity index (χ0) is 32.9. The van der Waals surface area contributed by atoms with Gasteiger partial charge in [0.2, 0.25) is 0 Å². The Morgan fingerprint density at radius 2 is 1.72 bits per heavy atom. The van der Waals surface area contributed by atoms with Gasteiger partial charge in [-0.05, 0) is 61.9 Å². The van der Waals surface area contributed by atoms with Crippen molar-refractivity contribution in [2.75, 3.05) is 19.0 Å². The summed E-state index contributed by atoms with van der Waals surface area (Å²) in [5.74, 6) is 0.744. The third-order valence-corrected chi connectivity index (χ3v) is 8.63. The van der Waals surface area contributed by atoms with Crippen molar-refractivity contribution in [1.29, 1.82) is 0 Å². The number of nitrogens with zero attached hydrogens (tertiary/aromatic N) is 2. The van der Waals surface area contributed by atoms with Crippen LogP contribution >= 0.6 is 11.3 Å². The molecule has 0 radical (unpaired) electrons. The number of hydrogen-bond acceptors (Lipinski definition) is 7. The summed E-state index contributed by atoms with van der Waals surface area (Å²) >= 11 is 1.21. The molecule has 47 heavy (non-hydrogen) atoms. The van der Waals surface area contributed by atoms with Crippen LogP contribution in [0.4, 0.5) is 10.1 Å². The Hall–Kier alpha value is -5.48. The zero-order valence-corrected chi connectivity index (χ0v) is 26.8. The largest absolute Gasteiger partial charge is 0.494 e. The topological polar surface area (TPSA) is 91.2 Å². The number of para-hydroxylation sites is 2. The summed E-state index contributed by atoms with van der Waals surface area (Å²) in [5, 5.41) is 2.96. The second kappa shape index (κ2) is 13.9. The number of carbonyl (C=O) groups is 1. The number of rotatable bonds is 10. The summed E-state index contributed by atoms with van der Waals surface area (Å²) in [4.78, 5) is 33.3. The van der Waals surface area contributed by atoms with Gasteiger partial charge < -0.3 is 19.5 Å². The molecule has 0 fully saturated rings. The minimum absolute atomic E-state index is 0.0358. The zero-order valence-electron chi connectivity index (χ0n) is 26.0. The van der Waals surface area contributed by atoms with Crippen LogP contribution in [0.3, 0.4) is 0 Å². The smallest absolute Gasteiger partial charge is 0.271 e. The normalized spacial score (nSPS) is 14.3. The van der Waals surface area contributed by atoms with Crippen molar-refractivity contribution >= 4 is 29.0 Å². The summed E-state index contributed by atoms with van der Waals surface area (Å²) in [6, 6.07) is 27.5. The maximum Gasteiger partial charge on any atom is 0.271 e. The van der Waals surface area contributed by atoms with Gasteiger partial charge in [-0.2, -0.15) is 0 Å². The molecular weight excluding hydrogens is 617 g/mol. The predicted molar refractivity (Wildman–Crippen MR) is 180 cm³/mol. The Bertz CT molecular complexity index is 2140. The lowest BCUT2D eigenvalue weighted by molar-refractivity contribution is -0.113. The van der Waals surface area contributed by atoms with Crippen molar-refractivity contribution in [1.82, 2.24) is 4.57 Å². The number of methoxy groups -OCH3 is 1. The molecule has 6 rings (SSSR count). The van der Waals surface area contributed by atoms with Crippen LogP contribution in [0.25, 0.3) is 6.08 Å². The Balaban J connectivity index is 1.46. The molecule has 0 unspecified atom stereocenters. The van der Waals surface area contributed by atoms with E-state index in [1.165, 1.54) is 24.5 Å². The van der Waals surface area contributed by atoms with Gasteiger partial charge in [0.15, 0.2) is 16.3 Å². The van der Waals surface area contributed by atoms with E-state index in [0.29, 0.717) is 61.3 Å². The molecule has 1 aromatic heterocycles. The van der Waals surface area contributed by atoms with E-state index in [2.05, 4.69) is 5.32 Å². The number of benzene rings is 4. The number of hydrogen-bond donors (Lipinski definition) is 1. The van der Waals surface area contributed by atoms with Gasteiger partial charge in [-0.25, -0.2) is 9.38 Å². The number of allylic oxidation sites excluding steroid dienone is 1. The standard InChI is InChI=1S/C37H32FN3O5S/c1-4-45-28-19-17-24(18-20-28)33-32(35(42)40-27-13-6-5-7-14-27)23(2)39-37-41(33)36(43)31(47-37)21-25-12-10-16-30(44-3)34(25)46-22-26-11-8-9-15-29(26)38/h5-21,33H,4,22H2,1-3H3,(H,40,42)/b31-21-/t33-/m1/s1. The molecule has 1 aliphatic heterocycles. The first-order valence-electron chi connectivity index (χ1n) is 15.0. The van der Waals surface area contributed by atoms with E-state index in [0.717, 1.165) is 5.56 Å². The first kappa shape index (κ1) is 31.5. The Kier molecular flexibility index (Phi) is 9.30. The number of ether oxygens (including phenoxy) is 3. The average Bonchev–Trinajstić information content (AvgIpc) is 3.38. The second-order valence-corrected chi connectivity index (χ2v) is 11.7. The molecule has 5 aromatic rings. The summed E-state index contributed by atoms with van der Waals surface area (Å²) in [7, 11) is 1.52. The number of halogens is 1. The molecular formula is C37H32FN3O5S. The van der Waals surface area contributed by atoms with Gasteiger partial charge in [0.25, 0.3) is 11.5 Å². The molecule has 1 atom stereocenters. The molecule has 4 aromatic carbocycles. The second-order valence-electron chi connectivity index (χ2n) is 10.7. The predicted octanol–water partition coefficient (Wildman–Crippen LogP) is 6.00. The molecule has 1 aliphatic rings. The van der Waals surface area contributed by atoms with Crippen LogP contribution < -0.4 is 34.4 Å². The minimum Gasteiger partial charge on any atom is -0.494 e. The Morgan fingerprint density at radius 3 is 2.45 bits per heavy atom. The number of aromatic nitrogens is 1. The van der Waals surface area contributed by atoms with Crippen molar-refractivity contribution in [2.45, 2.75) is 26.5 Å². The number of fused-ring (bicyclic) bond motifs is 1. The van der Waals surface area contributed by atoms with Crippen molar-refractivity contribution < 1.29 is 23.4 Å². The van der Waals surface area contributed by atoms with Crippen molar-refractivity contribution in [2.24, 2.45) is 4.99 Å². The van der Waals surface area contributed by atoms with Crippen molar-refractivity contribution in [3.63, 3.8) is 0 Å². The number of carbonyl (C=O) groups excluding carboxylic acids is 1. The minimum atomic E-state index is -0.755. The molecule has 0 spiro atoms. The summed E-state index contributed by atoms with van der Waals surface area (Å²) < 4.78 is 33.6. The quantitative estimate of drug-likeness (QED) is 0.201. The third kappa shape index (κ3) is 6.59. The van der Waals surface area contributed by atoms with E-state index in [1.54, 1.807) is 66.1 Å². The number of nitrogens with one attached hydrogen (secondary N) is 1. The lowest BCUT2D eigenvalue weighted by Gasteiger charge is -2.25. The van der Waals surface area contributed by atoms with E-state index in [-0.39, 0.29) is 23.9 Å².